The van der Waals surface area contributed by atoms with Crippen molar-refractivity contribution in [2.45, 2.75) is 52.9 Å². The van der Waals surface area contributed by atoms with Crippen molar-refractivity contribution >= 4 is 6.29 Å². The smallest absolute Gasteiger partial charge is 0.120 e. The maximum Gasteiger partial charge on any atom is 0.120 e. The molecule has 0 atom stereocenters. The first-order valence-electron chi connectivity index (χ1n) is 5.26. The van der Waals surface area contributed by atoms with Gasteiger partial charge in [0.25, 0.3) is 0 Å². The summed E-state index contributed by atoms with van der Waals surface area (Å²) in [6.07, 6.45) is 8.53. The lowest BCUT2D eigenvalue weighted by molar-refractivity contribution is -0.107. The number of carbonyl (C=O) groups is 1. The number of rotatable bonds is 7. The topological polar surface area (TPSA) is 17.1 Å². The molecule has 0 amide bonds. The molecule has 0 saturated carbocycles. The summed E-state index contributed by atoms with van der Waals surface area (Å²) >= 11 is 0. The van der Waals surface area contributed by atoms with Gasteiger partial charge in [-0.15, -0.1) is 0 Å². The van der Waals surface area contributed by atoms with Crippen molar-refractivity contribution < 1.29 is 4.79 Å². The van der Waals surface area contributed by atoms with E-state index in [-0.39, 0.29) is 0 Å². The average molecular weight is 182 g/mol. The van der Waals surface area contributed by atoms with Crippen LogP contribution in [0, 0.1) is 5.92 Å². The number of unbranched alkanes of at least 4 members (excludes halogenated alkanes) is 1. The van der Waals surface area contributed by atoms with E-state index in [1.807, 2.05) is 0 Å². The van der Waals surface area contributed by atoms with Gasteiger partial charge in [-0.1, -0.05) is 31.9 Å². The van der Waals surface area contributed by atoms with E-state index in [9.17, 15) is 4.79 Å². The van der Waals surface area contributed by atoms with E-state index in [2.05, 4.69) is 26.8 Å². The highest BCUT2D eigenvalue weighted by molar-refractivity contribution is 5.49. The summed E-state index contributed by atoms with van der Waals surface area (Å²) in [4.78, 5) is 10.1. The van der Waals surface area contributed by atoms with Crippen LogP contribution < -0.4 is 0 Å². The highest BCUT2D eigenvalue weighted by Crippen LogP contribution is 2.12. The van der Waals surface area contributed by atoms with Crippen LogP contribution in [0.4, 0.5) is 0 Å². The maximum absolute atomic E-state index is 10.1. The highest BCUT2D eigenvalue weighted by Gasteiger charge is 1.94. The zero-order valence-corrected chi connectivity index (χ0v) is 9.18. The zero-order valence-electron chi connectivity index (χ0n) is 9.18. The quantitative estimate of drug-likeness (QED) is 0.333. The van der Waals surface area contributed by atoms with E-state index in [1.165, 1.54) is 24.8 Å². The second-order valence-corrected chi connectivity index (χ2v) is 4.08. The number of hydrogen-bond acceptors (Lipinski definition) is 1. The number of aldehydes is 1. The Labute approximate surface area is 82.2 Å². The van der Waals surface area contributed by atoms with Gasteiger partial charge in [-0.25, -0.2) is 0 Å². The minimum absolute atomic E-state index is 0.668. The van der Waals surface area contributed by atoms with Crippen LogP contribution in [0.25, 0.3) is 0 Å². The van der Waals surface area contributed by atoms with E-state index in [0.29, 0.717) is 6.42 Å². The molecule has 1 heteroatoms. The molecule has 0 heterocycles. The van der Waals surface area contributed by atoms with Gasteiger partial charge in [0.2, 0.25) is 0 Å². The second-order valence-electron chi connectivity index (χ2n) is 4.08. The molecule has 0 radical (unpaired) electrons. The second kappa shape index (κ2) is 8.03. The van der Waals surface area contributed by atoms with Crippen LogP contribution in [0.15, 0.2) is 11.6 Å². The highest BCUT2D eigenvalue weighted by atomic mass is 16.1. The molecule has 0 aliphatic heterocycles. The van der Waals surface area contributed by atoms with Crippen LogP contribution >= 0.6 is 0 Å². The van der Waals surface area contributed by atoms with E-state index >= 15 is 0 Å². The van der Waals surface area contributed by atoms with Crippen LogP contribution in [0.1, 0.15) is 52.9 Å². The molecular formula is C12H22O. The fraction of sp³-hybridized carbons (Fsp3) is 0.750. The Balaban J connectivity index is 3.43. The minimum atomic E-state index is 0.668. The molecule has 0 aromatic rings. The van der Waals surface area contributed by atoms with Crippen LogP contribution in [0.5, 0.6) is 0 Å². The van der Waals surface area contributed by atoms with E-state index < -0.39 is 0 Å². The molecule has 13 heavy (non-hydrogen) atoms. The predicted molar refractivity (Wildman–Crippen MR) is 57.7 cm³/mol. The Kier molecular flexibility index (Phi) is 7.66. The number of allylic oxidation sites excluding steroid dienone is 2. The first-order chi connectivity index (χ1) is 6.16. The summed E-state index contributed by atoms with van der Waals surface area (Å²) in [7, 11) is 0. The third kappa shape index (κ3) is 9.32. The molecule has 0 aromatic heterocycles. The third-order valence-electron chi connectivity index (χ3n) is 2.13. The normalized spacial score (nSPS) is 12.2. The van der Waals surface area contributed by atoms with Gasteiger partial charge in [0, 0.05) is 6.42 Å². The molecule has 1 nitrogen and oxygen atoms in total. The van der Waals surface area contributed by atoms with Crippen LogP contribution in [0.2, 0.25) is 0 Å². The van der Waals surface area contributed by atoms with Gasteiger partial charge in [-0.2, -0.15) is 0 Å². The van der Waals surface area contributed by atoms with Gasteiger partial charge >= 0.3 is 0 Å². The summed E-state index contributed by atoms with van der Waals surface area (Å²) in [5.74, 6) is 0.808. The molecule has 0 aliphatic rings. The Bertz CT molecular complexity index is 157. The monoisotopic (exact) mass is 182 g/mol. The van der Waals surface area contributed by atoms with Gasteiger partial charge in [0.1, 0.15) is 6.29 Å². The van der Waals surface area contributed by atoms with E-state index in [1.54, 1.807) is 0 Å². The van der Waals surface area contributed by atoms with Gasteiger partial charge in [0.15, 0.2) is 0 Å². The lowest BCUT2D eigenvalue weighted by atomic mass is 10.0. The molecule has 0 N–H and O–H groups in total. The summed E-state index contributed by atoms with van der Waals surface area (Å²) in [5, 5.41) is 0. The van der Waals surface area contributed by atoms with Crippen molar-refractivity contribution in [1.29, 1.82) is 0 Å². The van der Waals surface area contributed by atoms with Crippen molar-refractivity contribution in [2.75, 3.05) is 0 Å². The average Bonchev–Trinajstić information content (AvgIpc) is 2.04. The lowest BCUT2D eigenvalue weighted by Gasteiger charge is -2.04. The summed E-state index contributed by atoms with van der Waals surface area (Å²) < 4.78 is 0. The van der Waals surface area contributed by atoms with Gasteiger partial charge in [-0.05, 0) is 32.1 Å². The summed E-state index contributed by atoms with van der Waals surface area (Å²) in [5.41, 5.74) is 1.43. The van der Waals surface area contributed by atoms with E-state index in [4.69, 9.17) is 0 Å². The van der Waals surface area contributed by atoms with Crippen LogP contribution in [-0.4, -0.2) is 6.29 Å². The van der Waals surface area contributed by atoms with Crippen molar-refractivity contribution in [1.82, 2.24) is 0 Å². The van der Waals surface area contributed by atoms with Gasteiger partial charge in [-0.3, -0.25) is 0 Å². The van der Waals surface area contributed by atoms with Gasteiger partial charge < -0.3 is 4.79 Å². The molecule has 0 fully saturated rings. The Morgan fingerprint density at radius 2 is 2.00 bits per heavy atom. The lowest BCUT2D eigenvalue weighted by Crippen LogP contribution is -1.87. The molecule has 0 bridgehead atoms. The summed E-state index contributed by atoms with van der Waals surface area (Å²) in [6, 6.07) is 0. The van der Waals surface area contributed by atoms with Crippen LogP contribution in [-0.2, 0) is 4.79 Å². The molecule has 0 aliphatic carbocycles. The van der Waals surface area contributed by atoms with Gasteiger partial charge in [0.05, 0.1) is 0 Å². The fourth-order valence-corrected chi connectivity index (χ4v) is 1.29. The fourth-order valence-electron chi connectivity index (χ4n) is 1.29. The van der Waals surface area contributed by atoms with E-state index in [0.717, 1.165) is 18.6 Å². The Hall–Kier alpha value is -0.590. The van der Waals surface area contributed by atoms with Crippen molar-refractivity contribution in [3.63, 3.8) is 0 Å². The first-order valence-corrected chi connectivity index (χ1v) is 5.26. The largest absolute Gasteiger partial charge is 0.303 e. The van der Waals surface area contributed by atoms with Crippen molar-refractivity contribution in [3.8, 4) is 0 Å². The number of hydrogen-bond donors (Lipinski definition) is 0. The molecule has 76 valence electrons. The SMILES string of the molecule is C/C(=C\CCC=O)CCCC(C)C. The van der Waals surface area contributed by atoms with Crippen LogP contribution in [0.3, 0.4) is 0 Å². The third-order valence-corrected chi connectivity index (χ3v) is 2.13. The summed E-state index contributed by atoms with van der Waals surface area (Å²) in [6.45, 7) is 6.67. The minimum Gasteiger partial charge on any atom is -0.303 e. The standard InChI is InChI=1S/C12H22O/c1-11(2)7-6-9-12(3)8-4-5-10-13/h8,10-11H,4-7,9H2,1-3H3/b12-8+. The molecule has 0 aromatic carbocycles. The Morgan fingerprint density at radius 3 is 2.54 bits per heavy atom. The zero-order chi connectivity index (χ0) is 10.1. The molecular weight excluding hydrogens is 160 g/mol. The molecule has 0 rings (SSSR count). The molecule has 0 spiro atoms. The molecule has 0 saturated heterocycles. The maximum atomic E-state index is 10.1. The van der Waals surface area contributed by atoms with Crippen molar-refractivity contribution in [3.05, 3.63) is 11.6 Å². The first kappa shape index (κ1) is 12.4. The van der Waals surface area contributed by atoms with Crippen molar-refractivity contribution in [2.24, 2.45) is 5.92 Å². The predicted octanol–water partition coefficient (Wildman–Crippen LogP) is 3.74. The number of carbonyl (C=O) groups excluding carboxylic acids is 1. The Morgan fingerprint density at radius 1 is 1.31 bits per heavy atom. The molecule has 0 unspecified atom stereocenters.